The Labute approximate surface area is 66.6 Å². The SMILES string of the molecule is CC1(NCc2ccoc2)CC1. The van der Waals surface area contributed by atoms with Gasteiger partial charge in [0.2, 0.25) is 0 Å². The minimum Gasteiger partial charge on any atom is -0.472 e. The van der Waals surface area contributed by atoms with Crippen LogP contribution in [0.4, 0.5) is 0 Å². The van der Waals surface area contributed by atoms with Crippen molar-refractivity contribution in [3.63, 3.8) is 0 Å². The monoisotopic (exact) mass is 151 g/mol. The molecule has 1 aromatic heterocycles. The van der Waals surface area contributed by atoms with E-state index in [4.69, 9.17) is 4.42 Å². The van der Waals surface area contributed by atoms with E-state index < -0.39 is 0 Å². The van der Waals surface area contributed by atoms with E-state index >= 15 is 0 Å². The van der Waals surface area contributed by atoms with Crippen molar-refractivity contribution in [2.45, 2.75) is 31.8 Å². The van der Waals surface area contributed by atoms with Gasteiger partial charge in [0.15, 0.2) is 0 Å². The first kappa shape index (κ1) is 6.92. The van der Waals surface area contributed by atoms with Crippen molar-refractivity contribution in [2.75, 3.05) is 0 Å². The Hall–Kier alpha value is -0.760. The Morgan fingerprint density at radius 3 is 3.00 bits per heavy atom. The van der Waals surface area contributed by atoms with Crippen molar-refractivity contribution >= 4 is 0 Å². The first-order valence-electron chi connectivity index (χ1n) is 4.05. The zero-order valence-corrected chi connectivity index (χ0v) is 6.76. The number of nitrogens with one attached hydrogen (secondary N) is 1. The van der Waals surface area contributed by atoms with Crippen LogP contribution in [0, 0.1) is 0 Å². The van der Waals surface area contributed by atoms with Crippen LogP contribution in [-0.2, 0) is 6.54 Å². The molecule has 0 aliphatic heterocycles. The maximum absolute atomic E-state index is 4.96. The topological polar surface area (TPSA) is 25.2 Å². The van der Waals surface area contributed by atoms with Gasteiger partial charge in [-0.2, -0.15) is 0 Å². The second-order valence-electron chi connectivity index (χ2n) is 3.55. The number of hydrogen-bond donors (Lipinski definition) is 1. The molecule has 1 saturated carbocycles. The summed E-state index contributed by atoms with van der Waals surface area (Å²) < 4.78 is 4.96. The lowest BCUT2D eigenvalue weighted by atomic mass is 10.3. The molecule has 2 heteroatoms. The van der Waals surface area contributed by atoms with Gasteiger partial charge in [0.05, 0.1) is 12.5 Å². The third kappa shape index (κ3) is 1.63. The average Bonchev–Trinajstić information content (AvgIpc) is 2.53. The molecule has 0 amide bonds. The fourth-order valence-electron chi connectivity index (χ4n) is 1.07. The van der Waals surface area contributed by atoms with Crippen molar-refractivity contribution in [1.29, 1.82) is 0 Å². The second kappa shape index (κ2) is 2.38. The second-order valence-corrected chi connectivity index (χ2v) is 3.55. The van der Waals surface area contributed by atoms with E-state index in [9.17, 15) is 0 Å². The van der Waals surface area contributed by atoms with Crippen LogP contribution < -0.4 is 5.32 Å². The standard InChI is InChI=1S/C9H13NO/c1-9(3-4-9)10-6-8-2-5-11-7-8/h2,5,7,10H,3-4,6H2,1H3. The lowest BCUT2D eigenvalue weighted by Crippen LogP contribution is -2.26. The van der Waals surface area contributed by atoms with Gasteiger partial charge in [-0.25, -0.2) is 0 Å². The van der Waals surface area contributed by atoms with E-state index in [0.717, 1.165) is 6.54 Å². The van der Waals surface area contributed by atoms with Crippen molar-refractivity contribution < 1.29 is 4.42 Å². The number of hydrogen-bond acceptors (Lipinski definition) is 2. The molecule has 0 unspecified atom stereocenters. The highest BCUT2D eigenvalue weighted by molar-refractivity contribution is 5.07. The van der Waals surface area contributed by atoms with Gasteiger partial charge in [0.25, 0.3) is 0 Å². The first-order valence-corrected chi connectivity index (χ1v) is 4.05. The van der Waals surface area contributed by atoms with Crippen LogP contribution in [0.5, 0.6) is 0 Å². The maximum Gasteiger partial charge on any atom is 0.0947 e. The Kier molecular flexibility index (Phi) is 1.50. The zero-order valence-electron chi connectivity index (χ0n) is 6.76. The third-order valence-corrected chi connectivity index (χ3v) is 2.30. The molecule has 1 N–H and O–H groups in total. The van der Waals surface area contributed by atoms with Gasteiger partial charge in [-0.05, 0) is 25.8 Å². The van der Waals surface area contributed by atoms with Crippen molar-refractivity contribution in [3.8, 4) is 0 Å². The van der Waals surface area contributed by atoms with Gasteiger partial charge < -0.3 is 9.73 Å². The highest BCUT2D eigenvalue weighted by Gasteiger charge is 2.36. The molecule has 0 atom stereocenters. The summed E-state index contributed by atoms with van der Waals surface area (Å²) in [6.07, 6.45) is 6.13. The predicted octanol–water partition coefficient (Wildman–Crippen LogP) is 1.92. The minimum absolute atomic E-state index is 0.428. The Morgan fingerprint density at radius 2 is 2.45 bits per heavy atom. The van der Waals surface area contributed by atoms with Crippen LogP contribution in [0.25, 0.3) is 0 Å². The average molecular weight is 151 g/mol. The van der Waals surface area contributed by atoms with Gasteiger partial charge in [-0.15, -0.1) is 0 Å². The van der Waals surface area contributed by atoms with Crippen LogP contribution in [0.15, 0.2) is 23.0 Å². The van der Waals surface area contributed by atoms with Crippen LogP contribution in [0.3, 0.4) is 0 Å². The van der Waals surface area contributed by atoms with Crippen molar-refractivity contribution in [1.82, 2.24) is 5.32 Å². The molecule has 0 spiro atoms. The zero-order chi connectivity index (χ0) is 7.73. The molecule has 1 fully saturated rings. The van der Waals surface area contributed by atoms with Crippen LogP contribution in [-0.4, -0.2) is 5.54 Å². The molecular weight excluding hydrogens is 138 g/mol. The fourth-order valence-corrected chi connectivity index (χ4v) is 1.07. The molecule has 0 radical (unpaired) electrons. The molecule has 1 aliphatic rings. The summed E-state index contributed by atoms with van der Waals surface area (Å²) in [5, 5.41) is 3.48. The van der Waals surface area contributed by atoms with Crippen LogP contribution in [0.2, 0.25) is 0 Å². The van der Waals surface area contributed by atoms with E-state index in [0.29, 0.717) is 5.54 Å². The molecule has 1 aliphatic carbocycles. The highest BCUT2D eigenvalue weighted by Crippen LogP contribution is 2.34. The number of rotatable bonds is 3. The molecule has 0 saturated heterocycles. The molecule has 2 nitrogen and oxygen atoms in total. The summed E-state index contributed by atoms with van der Waals surface area (Å²) in [5.41, 5.74) is 1.66. The van der Waals surface area contributed by atoms with Crippen LogP contribution in [0.1, 0.15) is 25.3 Å². The summed E-state index contributed by atoms with van der Waals surface area (Å²) in [6, 6.07) is 2.00. The van der Waals surface area contributed by atoms with Crippen LogP contribution >= 0.6 is 0 Å². The molecule has 0 bridgehead atoms. The molecule has 2 rings (SSSR count). The van der Waals surface area contributed by atoms with Gasteiger partial charge in [0, 0.05) is 17.6 Å². The van der Waals surface area contributed by atoms with E-state index in [1.54, 1.807) is 12.5 Å². The van der Waals surface area contributed by atoms with Crippen molar-refractivity contribution in [2.24, 2.45) is 0 Å². The molecule has 0 aromatic carbocycles. The molecular formula is C9H13NO. The Bertz CT molecular complexity index is 224. The summed E-state index contributed by atoms with van der Waals surface area (Å²) in [7, 11) is 0. The minimum atomic E-state index is 0.428. The molecule has 11 heavy (non-hydrogen) atoms. The third-order valence-electron chi connectivity index (χ3n) is 2.30. The summed E-state index contributed by atoms with van der Waals surface area (Å²) in [5.74, 6) is 0. The highest BCUT2D eigenvalue weighted by atomic mass is 16.3. The van der Waals surface area contributed by atoms with E-state index in [-0.39, 0.29) is 0 Å². The summed E-state index contributed by atoms with van der Waals surface area (Å²) in [4.78, 5) is 0. The van der Waals surface area contributed by atoms with E-state index in [1.807, 2.05) is 6.07 Å². The van der Waals surface area contributed by atoms with Gasteiger partial charge in [0.1, 0.15) is 0 Å². The van der Waals surface area contributed by atoms with Crippen molar-refractivity contribution in [3.05, 3.63) is 24.2 Å². The predicted molar refractivity (Wildman–Crippen MR) is 43.2 cm³/mol. The quantitative estimate of drug-likeness (QED) is 0.714. The molecule has 60 valence electrons. The smallest absolute Gasteiger partial charge is 0.0947 e. The Balaban J connectivity index is 1.83. The lowest BCUT2D eigenvalue weighted by molar-refractivity contribution is 0.526. The molecule has 1 heterocycles. The fraction of sp³-hybridized carbons (Fsp3) is 0.556. The lowest BCUT2D eigenvalue weighted by Gasteiger charge is -2.08. The maximum atomic E-state index is 4.96. The van der Waals surface area contributed by atoms with Gasteiger partial charge in [-0.3, -0.25) is 0 Å². The normalized spacial score (nSPS) is 20.1. The molecule has 1 aromatic rings. The van der Waals surface area contributed by atoms with E-state index in [2.05, 4.69) is 12.2 Å². The van der Waals surface area contributed by atoms with Gasteiger partial charge >= 0.3 is 0 Å². The van der Waals surface area contributed by atoms with Gasteiger partial charge in [-0.1, -0.05) is 0 Å². The van der Waals surface area contributed by atoms with E-state index in [1.165, 1.54) is 18.4 Å². The summed E-state index contributed by atoms with van der Waals surface area (Å²) in [6.45, 7) is 3.19. The first-order chi connectivity index (χ1) is 5.29. The number of furan rings is 1. The largest absolute Gasteiger partial charge is 0.472 e. The Morgan fingerprint density at radius 1 is 1.64 bits per heavy atom. The summed E-state index contributed by atoms with van der Waals surface area (Å²) >= 11 is 0.